The summed E-state index contributed by atoms with van der Waals surface area (Å²) in [5.74, 6) is -1.98. The molecule has 1 aromatic rings. The van der Waals surface area contributed by atoms with Gasteiger partial charge in [-0.25, -0.2) is 0 Å². The second kappa shape index (κ2) is 14.3. The summed E-state index contributed by atoms with van der Waals surface area (Å²) in [6.07, 6.45) is 4.50. The number of unbranched alkanes of at least 4 members (excludes halogenated alkanes) is 2. The number of rotatable bonds is 13. The van der Waals surface area contributed by atoms with Crippen molar-refractivity contribution in [2.45, 2.75) is 63.0 Å². The zero-order chi connectivity index (χ0) is 26.8. The number of amides is 5. The number of hydrogen-bond donors (Lipinski definition) is 3. The largest absolute Gasteiger partial charge is 0.344 e. The summed E-state index contributed by atoms with van der Waals surface area (Å²) in [6.45, 7) is 5.49. The van der Waals surface area contributed by atoms with Crippen molar-refractivity contribution in [3.63, 3.8) is 0 Å². The van der Waals surface area contributed by atoms with Gasteiger partial charge in [-0.2, -0.15) is 0 Å². The molecule has 196 valence electrons. The average Bonchev–Trinajstić information content (AvgIpc) is 3.15. The summed E-state index contributed by atoms with van der Waals surface area (Å²) in [7, 11) is 0. The van der Waals surface area contributed by atoms with E-state index in [1.807, 2.05) is 19.9 Å². The van der Waals surface area contributed by atoms with E-state index in [9.17, 15) is 24.0 Å². The molecule has 0 radical (unpaired) electrons. The molecule has 9 nitrogen and oxygen atoms in total. The van der Waals surface area contributed by atoms with E-state index in [-0.39, 0.29) is 30.1 Å². The molecule has 0 saturated carbocycles. The molecular weight excluding hydrogens is 599 g/mol. The molecule has 36 heavy (non-hydrogen) atoms. The molecule has 0 bridgehead atoms. The van der Waals surface area contributed by atoms with Gasteiger partial charge in [0.15, 0.2) is 0 Å². The standard InChI is InChI=1S/C25H32ClIN4O5/c1-15(2)23(30-20(32)7-5-4-6-12-31-21(33)10-11-22(31)34)25(36)28-16(3)24(35)29-19-9-8-17(14-27)13-18(19)26/h8-11,13,15-16,23H,4-7,12,14H2,1-3H3,(H,28,36)(H,29,35)(H,30,32)/t16-,23-/m0/s1. The first-order chi connectivity index (χ1) is 17.0. The van der Waals surface area contributed by atoms with Crippen LogP contribution in [0, 0.1) is 5.92 Å². The molecule has 0 fully saturated rings. The highest BCUT2D eigenvalue weighted by Crippen LogP contribution is 2.24. The van der Waals surface area contributed by atoms with Gasteiger partial charge in [-0.05, 0) is 43.4 Å². The van der Waals surface area contributed by atoms with Crippen molar-refractivity contribution in [3.8, 4) is 0 Å². The van der Waals surface area contributed by atoms with Gasteiger partial charge in [0, 0.05) is 29.5 Å². The van der Waals surface area contributed by atoms with Gasteiger partial charge < -0.3 is 16.0 Å². The zero-order valence-corrected chi connectivity index (χ0v) is 23.5. The van der Waals surface area contributed by atoms with Gasteiger partial charge in [-0.1, -0.05) is 60.5 Å². The van der Waals surface area contributed by atoms with E-state index in [4.69, 9.17) is 11.6 Å². The molecule has 1 heterocycles. The van der Waals surface area contributed by atoms with Gasteiger partial charge in [0.25, 0.3) is 11.8 Å². The zero-order valence-electron chi connectivity index (χ0n) is 20.6. The Hall–Kier alpha value is -2.47. The van der Waals surface area contributed by atoms with Gasteiger partial charge in [0.05, 0.1) is 10.7 Å². The van der Waals surface area contributed by atoms with Crippen molar-refractivity contribution in [2.75, 3.05) is 11.9 Å². The minimum absolute atomic E-state index is 0.195. The van der Waals surface area contributed by atoms with E-state index >= 15 is 0 Å². The number of nitrogens with one attached hydrogen (secondary N) is 3. The summed E-state index contributed by atoms with van der Waals surface area (Å²) >= 11 is 8.45. The number of anilines is 1. The molecule has 1 aromatic carbocycles. The van der Waals surface area contributed by atoms with E-state index in [2.05, 4.69) is 38.5 Å². The first-order valence-corrected chi connectivity index (χ1v) is 13.7. The highest BCUT2D eigenvalue weighted by atomic mass is 127. The third-order valence-corrected chi connectivity index (χ3v) is 6.84. The van der Waals surface area contributed by atoms with Gasteiger partial charge in [-0.3, -0.25) is 28.9 Å². The van der Waals surface area contributed by atoms with Crippen LogP contribution in [0.3, 0.4) is 0 Å². The molecule has 0 saturated heterocycles. The third kappa shape index (κ3) is 8.88. The molecule has 0 aliphatic carbocycles. The molecule has 11 heteroatoms. The number of halogens is 2. The second-order valence-electron chi connectivity index (χ2n) is 8.93. The Morgan fingerprint density at radius 3 is 2.22 bits per heavy atom. The Morgan fingerprint density at radius 1 is 0.972 bits per heavy atom. The van der Waals surface area contributed by atoms with Crippen LogP contribution in [0.15, 0.2) is 30.4 Å². The van der Waals surface area contributed by atoms with Crippen LogP contribution in [-0.2, 0) is 28.4 Å². The molecule has 1 aliphatic rings. The number of alkyl halides is 1. The lowest BCUT2D eigenvalue weighted by molar-refractivity contribution is -0.137. The summed E-state index contributed by atoms with van der Waals surface area (Å²) in [6, 6.07) is 3.72. The predicted molar refractivity (Wildman–Crippen MR) is 147 cm³/mol. The van der Waals surface area contributed by atoms with Gasteiger partial charge in [0.1, 0.15) is 12.1 Å². The van der Waals surface area contributed by atoms with E-state index in [1.165, 1.54) is 17.1 Å². The maximum atomic E-state index is 12.8. The Bertz CT molecular complexity index is 1010. The number of benzene rings is 1. The maximum Gasteiger partial charge on any atom is 0.253 e. The monoisotopic (exact) mass is 630 g/mol. The van der Waals surface area contributed by atoms with Gasteiger partial charge in [-0.15, -0.1) is 0 Å². The first-order valence-electron chi connectivity index (χ1n) is 11.8. The van der Waals surface area contributed by atoms with E-state index in [0.717, 1.165) is 9.99 Å². The SMILES string of the molecule is CC(C)[C@H](NC(=O)CCCCCN1C(=O)C=CC1=O)C(=O)N[C@@H](C)C(=O)Nc1ccc(CI)cc1Cl. The van der Waals surface area contributed by atoms with Crippen molar-refractivity contribution in [3.05, 3.63) is 40.9 Å². The quantitative estimate of drug-likeness (QED) is 0.134. The number of carbonyl (C=O) groups is 5. The minimum Gasteiger partial charge on any atom is -0.344 e. The third-order valence-electron chi connectivity index (χ3n) is 5.65. The van der Waals surface area contributed by atoms with Crippen LogP contribution in [-0.4, -0.2) is 53.1 Å². The Balaban J connectivity index is 1.78. The molecule has 5 amide bonds. The van der Waals surface area contributed by atoms with Gasteiger partial charge >= 0.3 is 0 Å². The number of nitrogens with zero attached hydrogens (tertiary/aromatic N) is 1. The second-order valence-corrected chi connectivity index (χ2v) is 10.1. The van der Waals surface area contributed by atoms with Crippen molar-refractivity contribution < 1.29 is 24.0 Å². The smallest absolute Gasteiger partial charge is 0.253 e. The van der Waals surface area contributed by atoms with Crippen LogP contribution < -0.4 is 16.0 Å². The fraction of sp³-hybridized carbons (Fsp3) is 0.480. The normalized spacial score (nSPS) is 14.7. The molecule has 2 atom stereocenters. The first kappa shape index (κ1) is 29.8. The molecule has 0 aromatic heterocycles. The van der Waals surface area contributed by atoms with Crippen LogP contribution >= 0.6 is 34.2 Å². The average molecular weight is 631 g/mol. The van der Waals surface area contributed by atoms with E-state index < -0.39 is 23.9 Å². The Kier molecular flexibility index (Phi) is 11.8. The summed E-state index contributed by atoms with van der Waals surface area (Å²) < 4.78 is 0.790. The molecular formula is C25H32ClIN4O5. The molecule has 1 aliphatic heterocycles. The van der Waals surface area contributed by atoms with Crippen LogP contribution in [0.2, 0.25) is 5.02 Å². The molecule has 2 rings (SSSR count). The maximum absolute atomic E-state index is 12.8. The molecule has 0 spiro atoms. The fourth-order valence-electron chi connectivity index (χ4n) is 3.52. The van der Waals surface area contributed by atoms with Gasteiger partial charge in [0.2, 0.25) is 17.7 Å². The van der Waals surface area contributed by atoms with E-state index in [0.29, 0.717) is 36.5 Å². The lowest BCUT2D eigenvalue weighted by Crippen LogP contribution is -2.53. The number of hydrogen-bond acceptors (Lipinski definition) is 5. The minimum atomic E-state index is -0.846. The van der Waals surface area contributed by atoms with Crippen LogP contribution in [0.5, 0.6) is 0 Å². The number of imide groups is 1. The molecule has 3 N–H and O–H groups in total. The predicted octanol–water partition coefficient (Wildman–Crippen LogP) is 3.34. The summed E-state index contributed by atoms with van der Waals surface area (Å²) in [5.41, 5.74) is 1.49. The highest BCUT2D eigenvalue weighted by Gasteiger charge is 2.27. The van der Waals surface area contributed by atoms with Crippen LogP contribution in [0.4, 0.5) is 5.69 Å². The van der Waals surface area contributed by atoms with Crippen LogP contribution in [0.1, 0.15) is 52.0 Å². The molecule has 0 unspecified atom stereocenters. The summed E-state index contributed by atoms with van der Waals surface area (Å²) in [4.78, 5) is 62.1. The van der Waals surface area contributed by atoms with Crippen molar-refractivity contribution >= 4 is 69.4 Å². The lowest BCUT2D eigenvalue weighted by Gasteiger charge is -2.24. The number of carbonyl (C=O) groups excluding carboxylic acids is 5. The summed E-state index contributed by atoms with van der Waals surface area (Å²) in [5, 5.41) is 8.54. The Labute approximate surface area is 229 Å². The topological polar surface area (TPSA) is 125 Å². The van der Waals surface area contributed by atoms with Crippen molar-refractivity contribution in [1.29, 1.82) is 0 Å². The highest BCUT2D eigenvalue weighted by molar-refractivity contribution is 14.1. The van der Waals surface area contributed by atoms with E-state index in [1.54, 1.807) is 19.1 Å². The fourth-order valence-corrected chi connectivity index (χ4v) is 4.24. The van der Waals surface area contributed by atoms with Crippen LogP contribution in [0.25, 0.3) is 0 Å². The van der Waals surface area contributed by atoms with Crippen molar-refractivity contribution in [1.82, 2.24) is 15.5 Å². The Morgan fingerprint density at radius 2 is 1.64 bits per heavy atom. The van der Waals surface area contributed by atoms with Crippen molar-refractivity contribution in [2.24, 2.45) is 5.92 Å². The lowest BCUT2D eigenvalue weighted by atomic mass is 10.0.